The fraction of sp³-hybridized carbons (Fsp3) is 0.850. The Bertz CT molecular complexity index is 575. The quantitative estimate of drug-likeness (QED) is 0.384. The van der Waals surface area contributed by atoms with Crippen LogP contribution in [0.3, 0.4) is 0 Å². The number of hydrogen-bond acceptors (Lipinski definition) is 5. The topological polar surface area (TPSA) is 88.0 Å². The Morgan fingerprint density at radius 1 is 1.39 bits per heavy atom. The number of aliphatic hydroxyl groups excluding tert-OH is 1. The molecule has 3 N–H and O–H groups in total. The Hall–Kier alpha value is -0.0900. The number of carbonyl (C=O) groups is 1. The molecule has 28 heavy (non-hydrogen) atoms. The molecule has 0 radical (unpaired) electrons. The lowest BCUT2D eigenvalue weighted by Crippen LogP contribution is -2.68. The van der Waals surface area contributed by atoms with Crippen LogP contribution in [0.2, 0.25) is 0 Å². The highest BCUT2D eigenvalue weighted by molar-refractivity contribution is 7.69. The molecule has 0 aromatic heterocycles. The van der Waals surface area contributed by atoms with Gasteiger partial charge in [0, 0.05) is 14.1 Å². The summed E-state index contributed by atoms with van der Waals surface area (Å²) in [5.41, 5.74) is -2.68. The van der Waals surface area contributed by atoms with Gasteiger partial charge in [-0.15, -0.1) is 0 Å². The first-order valence-electron chi connectivity index (χ1n) is 10.1. The second kappa shape index (κ2) is 9.37. The smallest absolute Gasteiger partial charge is 0.226 e. The predicted octanol–water partition coefficient (Wildman–Crippen LogP) is 2.84. The summed E-state index contributed by atoms with van der Waals surface area (Å²) in [5.74, 6) is -0.835. The standard InChI is InChI=1S/C20H37NO5P2/c1-19(24)16(12-13-25-28(4,5)6)18(23)21-20(19,14-22)17(26-27(2)3)15-10-8-7-9-11-15/h8,10,15-17,22,24H,7,9,11-14H2,1-6H3/p+1/t15-,16+,17-,19+,20-/m1/s1. The van der Waals surface area contributed by atoms with Gasteiger partial charge in [0.05, 0.1) is 45.2 Å². The van der Waals surface area contributed by atoms with E-state index < -0.39 is 38.8 Å². The number of nitrogens with one attached hydrogen (secondary N) is 1. The molecule has 8 heteroatoms. The summed E-state index contributed by atoms with van der Waals surface area (Å²) in [4.78, 5) is 12.9. The molecule has 2 aliphatic rings. The summed E-state index contributed by atoms with van der Waals surface area (Å²) in [6, 6.07) is 0. The average Bonchev–Trinajstić information content (AvgIpc) is 2.79. The van der Waals surface area contributed by atoms with Crippen molar-refractivity contribution in [1.82, 2.24) is 5.32 Å². The molecule has 1 aliphatic carbocycles. The normalized spacial score (nSPS) is 34.7. The minimum Gasteiger partial charge on any atom is -0.394 e. The summed E-state index contributed by atoms with van der Waals surface area (Å²) in [5, 5.41) is 25.0. The second-order valence-electron chi connectivity index (χ2n) is 9.19. The molecule has 0 spiro atoms. The van der Waals surface area contributed by atoms with E-state index in [0.717, 1.165) is 19.3 Å². The maximum absolute atomic E-state index is 12.9. The van der Waals surface area contributed by atoms with E-state index >= 15 is 0 Å². The Morgan fingerprint density at radius 3 is 2.57 bits per heavy atom. The SMILES string of the molecule is CP(C)O[C@H]([C@@H]1C=CCCC1)[C@@]1(CO)NC(=O)[C@H](CCO[P+](C)(C)C)[C@]1(C)O. The summed E-state index contributed by atoms with van der Waals surface area (Å²) in [6.07, 6.45) is 7.17. The molecule has 0 unspecified atom stereocenters. The number of rotatable bonds is 9. The molecule has 0 aromatic carbocycles. The van der Waals surface area contributed by atoms with Crippen molar-refractivity contribution in [2.24, 2.45) is 11.8 Å². The summed E-state index contributed by atoms with van der Waals surface area (Å²) in [6.45, 7) is 11.9. The average molecular weight is 434 g/mol. The van der Waals surface area contributed by atoms with Crippen LogP contribution in [0.5, 0.6) is 0 Å². The third-order valence-corrected chi connectivity index (χ3v) is 7.48. The highest BCUT2D eigenvalue weighted by Crippen LogP contribution is 2.50. The molecule has 1 heterocycles. The van der Waals surface area contributed by atoms with E-state index in [4.69, 9.17) is 9.05 Å². The van der Waals surface area contributed by atoms with Gasteiger partial charge in [-0.05, 0) is 45.9 Å². The van der Waals surface area contributed by atoms with Crippen molar-refractivity contribution < 1.29 is 24.1 Å². The minimum absolute atomic E-state index is 0.0491. The van der Waals surface area contributed by atoms with Gasteiger partial charge in [0.2, 0.25) is 5.91 Å². The van der Waals surface area contributed by atoms with Crippen LogP contribution in [0.25, 0.3) is 0 Å². The van der Waals surface area contributed by atoms with E-state index in [0.29, 0.717) is 13.0 Å². The maximum Gasteiger partial charge on any atom is 0.226 e. The number of carbonyl (C=O) groups excluding carboxylic acids is 1. The largest absolute Gasteiger partial charge is 0.394 e. The van der Waals surface area contributed by atoms with E-state index in [2.05, 4.69) is 37.5 Å². The molecule has 1 amide bonds. The molecule has 0 bridgehead atoms. The van der Waals surface area contributed by atoms with Crippen molar-refractivity contribution >= 4 is 21.5 Å². The molecule has 5 atom stereocenters. The Morgan fingerprint density at radius 2 is 2.07 bits per heavy atom. The number of aliphatic hydroxyl groups is 2. The van der Waals surface area contributed by atoms with E-state index in [1.54, 1.807) is 6.92 Å². The highest BCUT2D eigenvalue weighted by Gasteiger charge is 2.65. The first kappa shape index (κ1) is 24.2. The molecule has 0 aromatic rings. The number of allylic oxidation sites excluding steroid dienone is 1. The zero-order chi connectivity index (χ0) is 21.2. The molecule has 0 saturated carbocycles. The van der Waals surface area contributed by atoms with Crippen LogP contribution in [0.1, 0.15) is 32.6 Å². The second-order valence-corrected chi connectivity index (χ2v) is 15.1. The van der Waals surface area contributed by atoms with E-state index in [1.807, 2.05) is 13.3 Å². The van der Waals surface area contributed by atoms with Gasteiger partial charge >= 0.3 is 0 Å². The molecular formula is C20H38NO5P2+. The first-order chi connectivity index (χ1) is 12.9. The fourth-order valence-electron chi connectivity index (χ4n) is 4.36. The zero-order valence-electron chi connectivity index (χ0n) is 18.1. The van der Waals surface area contributed by atoms with E-state index in [9.17, 15) is 15.0 Å². The van der Waals surface area contributed by atoms with Gasteiger partial charge < -0.3 is 20.1 Å². The molecule has 6 nitrogen and oxygen atoms in total. The van der Waals surface area contributed by atoms with Gasteiger partial charge in [0.1, 0.15) is 18.6 Å². The molecule has 1 saturated heterocycles. The van der Waals surface area contributed by atoms with Crippen molar-refractivity contribution in [2.75, 3.05) is 46.5 Å². The minimum atomic E-state index is -1.44. The Balaban J connectivity index is 2.32. The van der Waals surface area contributed by atoms with Crippen molar-refractivity contribution in [3.05, 3.63) is 12.2 Å². The molecule has 1 aliphatic heterocycles. The van der Waals surface area contributed by atoms with Crippen molar-refractivity contribution in [1.29, 1.82) is 0 Å². The van der Waals surface area contributed by atoms with E-state index in [1.165, 1.54) is 0 Å². The fourth-order valence-corrected chi connectivity index (χ4v) is 5.80. The van der Waals surface area contributed by atoms with Crippen LogP contribution in [-0.4, -0.2) is 79.9 Å². The molecule has 1 fully saturated rings. The van der Waals surface area contributed by atoms with Crippen LogP contribution < -0.4 is 5.32 Å². The van der Waals surface area contributed by atoms with Crippen LogP contribution in [0.4, 0.5) is 0 Å². The Kier molecular flexibility index (Phi) is 8.09. The van der Waals surface area contributed by atoms with Gasteiger partial charge in [-0.2, -0.15) is 0 Å². The Labute approximate surface area is 171 Å². The monoisotopic (exact) mass is 434 g/mol. The van der Waals surface area contributed by atoms with Crippen molar-refractivity contribution in [3.8, 4) is 0 Å². The lowest BCUT2D eigenvalue weighted by atomic mass is 9.68. The van der Waals surface area contributed by atoms with Gasteiger partial charge in [-0.1, -0.05) is 12.2 Å². The third-order valence-electron chi connectivity index (χ3n) is 5.87. The lowest BCUT2D eigenvalue weighted by molar-refractivity contribution is -0.127. The van der Waals surface area contributed by atoms with Gasteiger partial charge in [-0.25, -0.2) is 4.52 Å². The highest BCUT2D eigenvalue weighted by atomic mass is 31.2. The maximum atomic E-state index is 12.9. The lowest BCUT2D eigenvalue weighted by Gasteiger charge is -2.48. The first-order valence-corrected chi connectivity index (χ1v) is 15.3. The van der Waals surface area contributed by atoms with Gasteiger partial charge in [0.25, 0.3) is 0 Å². The van der Waals surface area contributed by atoms with E-state index in [-0.39, 0.29) is 18.4 Å². The van der Waals surface area contributed by atoms with Gasteiger partial charge in [-0.3, -0.25) is 4.79 Å². The molecule has 2 rings (SSSR count). The van der Waals surface area contributed by atoms with Gasteiger partial charge in [0.15, 0.2) is 0 Å². The molecule has 162 valence electrons. The van der Waals surface area contributed by atoms with Crippen LogP contribution >= 0.6 is 15.6 Å². The summed E-state index contributed by atoms with van der Waals surface area (Å²) < 4.78 is 12.2. The summed E-state index contributed by atoms with van der Waals surface area (Å²) in [7, 11) is -2.17. The van der Waals surface area contributed by atoms with Crippen LogP contribution in [0.15, 0.2) is 12.2 Å². The van der Waals surface area contributed by atoms with Crippen molar-refractivity contribution in [2.45, 2.75) is 49.9 Å². The third kappa shape index (κ3) is 5.14. The molecular weight excluding hydrogens is 396 g/mol. The van der Waals surface area contributed by atoms with Crippen LogP contribution in [-0.2, 0) is 13.8 Å². The van der Waals surface area contributed by atoms with Crippen LogP contribution in [0, 0.1) is 11.8 Å². The number of hydrogen-bond donors (Lipinski definition) is 3. The number of amides is 1. The summed E-state index contributed by atoms with van der Waals surface area (Å²) >= 11 is 0. The van der Waals surface area contributed by atoms with Crippen molar-refractivity contribution in [3.63, 3.8) is 0 Å². The zero-order valence-corrected chi connectivity index (χ0v) is 19.9. The predicted molar refractivity (Wildman–Crippen MR) is 117 cm³/mol.